The van der Waals surface area contributed by atoms with Crippen LogP contribution in [-0.4, -0.2) is 37.7 Å². The SMILES string of the molecule is CCCNc1cccnc1N1CCNCC1. The van der Waals surface area contributed by atoms with E-state index in [0.29, 0.717) is 0 Å². The molecule has 88 valence electrons. The van der Waals surface area contributed by atoms with Gasteiger partial charge >= 0.3 is 0 Å². The molecule has 1 aromatic heterocycles. The molecule has 2 heterocycles. The monoisotopic (exact) mass is 220 g/mol. The molecule has 0 amide bonds. The fourth-order valence-corrected chi connectivity index (χ4v) is 1.92. The van der Waals surface area contributed by atoms with Crippen LogP contribution in [0, 0.1) is 0 Å². The van der Waals surface area contributed by atoms with E-state index in [1.165, 1.54) is 0 Å². The highest BCUT2D eigenvalue weighted by atomic mass is 15.2. The van der Waals surface area contributed by atoms with E-state index in [1.807, 2.05) is 12.3 Å². The molecule has 1 saturated heterocycles. The summed E-state index contributed by atoms with van der Waals surface area (Å²) in [6, 6.07) is 4.10. The molecule has 1 aliphatic rings. The van der Waals surface area contributed by atoms with Gasteiger partial charge in [0, 0.05) is 38.9 Å². The maximum Gasteiger partial charge on any atom is 0.152 e. The summed E-state index contributed by atoms with van der Waals surface area (Å²) in [7, 11) is 0. The number of piperazine rings is 1. The zero-order valence-corrected chi connectivity index (χ0v) is 9.87. The van der Waals surface area contributed by atoms with Gasteiger partial charge in [0.05, 0.1) is 5.69 Å². The first kappa shape index (κ1) is 11.2. The van der Waals surface area contributed by atoms with Crippen LogP contribution < -0.4 is 15.5 Å². The number of anilines is 2. The second kappa shape index (κ2) is 5.70. The van der Waals surface area contributed by atoms with Gasteiger partial charge in [-0.1, -0.05) is 6.92 Å². The fourth-order valence-electron chi connectivity index (χ4n) is 1.92. The molecule has 4 heteroatoms. The van der Waals surface area contributed by atoms with Gasteiger partial charge in [-0.2, -0.15) is 0 Å². The van der Waals surface area contributed by atoms with Crippen LogP contribution in [0.3, 0.4) is 0 Å². The number of hydrogen-bond acceptors (Lipinski definition) is 4. The summed E-state index contributed by atoms with van der Waals surface area (Å²) in [5.74, 6) is 1.09. The summed E-state index contributed by atoms with van der Waals surface area (Å²) in [5.41, 5.74) is 1.16. The molecule has 0 spiro atoms. The fraction of sp³-hybridized carbons (Fsp3) is 0.583. The van der Waals surface area contributed by atoms with Gasteiger partial charge in [-0.3, -0.25) is 0 Å². The minimum atomic E-state index is 1.00. The first-order chi connectivity index (χ1) is 7.92. The average Bonchev–Trinajstić information content (AvgIpc) is 2.38. The Labute approximate surface area is 97.1 Å². The maximum absolute atomic E-state index is 4.49. The van der Waals surface area contributed by atoms with Gasteiger partial charge in [0.15, 0.2) is 5.82 Å². The summed E-state index contributed by atoms with van der Waals surface area (Å²) in [5, 5.41) is 6.79. The van der Waals surface area contributed by atoms with Crippen molar-refractivity contribution >= 4 is 11.5 Å². The van der Waals surface area contributed by atoms with E-state index in [-0.39, 0.29) is 0 Å². The summed E-state index contributed by atoms with van der Waals surface area (Å²) in [6.45, 7) is 7.35. The highest BCUT2D eigenvalue weighted by Gasteiger charge is 2.14. The molecule has 2 rings (SSSR count). The Kier molecular flexibility index (Phi) is 3.99. The van der Waals surface area contributed by atoms with Crippen molar-refractivity contribution in [2.24, 2.45) is 0 Å². The normalized spacial score (nSPS) is 16.2. The standard InChI is InChI=1S/C12H20N4/c1-2-5-14-11-4-3-6-15-12(11)16-9-7-13-8-10-16/h3-4,6,13-14H,2,5,7-10H2,1H3. The van der Waals surface area contributed by atoms with Crippen LogP contribution in [-0.2, 0) is 0 Å². The lowest BCUT2D eigenvalue weighted by atomic mass is 10.3. The van der Waals surface area contributed by atoms with Crippen LogP contribution in [0.15, 0.2) is 18.3 Å². The molecule has 1 fully saturated rings. The minimum Gasteiger partial charge on any atom is -0.382 e. The number of hydrogen-bond donors (Lipinski definition) is 2. The Balaban J connectivity index is 2.11. The molecule has 16 heavy (non-hydrogen) atoms. The van der Waals surface area contributed by atoms with Crippen LogP contribution >= 0.6 is 0 Å². The maximum atomic E-state index is 4.49. The Hall–Kier alpha value is -1.29. The van der Waals surface area contributed by atoms with Crippen LogP contribution in [0.25, 0.3) is 0 Å². The van der Waals surface area contributed by atoms with Gasteiger partial charge in [-0.05, 0) is 18.6 Å². The third-order valence-electron chi connectivity index (χ3n) is 2.77. The van der Waals surface area contributed by atoms with Crippen molar-refractivity contribution < 1.29 is 0 Å². The Morgan fingerprint density at radius 2 is 2.25 bits per heavy atom. The van der Waals surface area contributed by atoms with Crippen molar-refractivity contribution in [3.63, 3.8) is 0 Å². The summed E-state index contributed by atoms with van der Waals surface area (Å²) < 4.78 is 0. The van der Waals surface area contributed by atoms with Gasteiger partial charge < -0.3 is 15.5 Å². The average molecular weight is 220 g/mol. The van der Waals surface area contributed by atoms with E-state index in [4.69, 9.17) is 0 Å². The molecule has 0 aromatic carbocycles. The Morgan fingerprint density at radius 1 is 1.44 bits per heavy atom. The lowest BCUT2D eigenvalue weighted by Crippen LogP contribution is -2.44. The first-order valence-electron chi connectivity index (χ1n) is 6.06. The molecule has 2 N–H and O–H groups in total. The van der Waals surface area contributed by atoms with Crippen LogP contribution in [0.5, 0.6) is 0 Å². The second-order valence-electron chi connectivity index (χ2n) is 4.04. The van der Waals surface area contributed by atoms with Crippen LogP contribution in [0.4, 0.5) is 11.5 Å². The van der Waals surface area contributed by atoms with Gasteiger partial charge in [0.1, 0.15) is 0 Å². The molecule has 0 atom stereocenters. The van der Waals surface area contributed by atoms with Crippen molar-refractivity contribution in [2.45, 2.75) is 13.3 Å². The molecule has 0 aliphatic carbocycles. The molecule has 0 radical (unpaired) electrons. The van der Waals surface area contributed by atoms with Crippen molar-refractivity contribution in [2.75, 3.05) is 42.9 Å². The number of aromatic nitrogens is 1. The Morgan fingerprint density at radius 3 is 3.00 bits per heavy atom. The number of pyridine rings is 1. The lowest BCUT2D eigenvalue weighted by molar-refractivity contribution is 0.585. The van der Waals surface area contributed by atoms with Crippen LogP contribution in [0.2, 0.25) is 0 Å². The molecule has 0 unspecified atom stereocenters. The number of nitrogens with one attached hydrogen (secondary N) is 2. The Bertz CT molecular complexity index is 321. The largest absolute Gasteiger partial charge is 0.382 e. The first-order valence-corrected chi connectivity index (χ1v) is 6.06. The van der Waals surface area contributed by atoms with Crippen molar-refractivity contribution in [3.05, 3.63) is 18.3 Å². The molecule has 0 saturated carbocycles. The van der Waals surface area contributed by atoms with Gasteiger partial charge in [-0.25, -0.2) is 4.98 Å². The highest BCUT2D eigenvalue weighted by Crippen LogP contribution is 2.22. The topological polar surface area (TPSA) is 40.2 Å². The molecule has 1 aliphatic heterocycles. The molecule has 4 nitrogen and oxygen atoms in total. The summed E-state index contributed by atoms with van der Waals surface area (Å²) >= 11 is 0. The summed E-state index contributed by atoms with van der Waals surface area (Å²) in [6.07, 6.45) is 3.00. The predicted octanol–water partition coefficient (Wildman–Crippen LogP) is 1.31. The third kappa shape index (κ3) is 2.64. The number of rotatable bonds is 4. The van der Waals surface area contributed by atoms with Gasteiger partial charge in [0.2, 0.25) is 0 Å². The van der Waals surface area contributed by atoms with E-state index in [2.05, 4.69) is 33.5 Å². The second-order valence-corrected chi connectivity index (χ2v) is 4.04. The molecule has 0 bridgehead atoms. The predicted molar refractivity (Wildman–Crippen MR) is 68.1 cm³/mol. The summed E-state index contributed by atoms with van der Waals surface area (Å²) in [4.78, 5) is 6.83. The van der Waals surface area contributed by atoms with E-state index in [1.54, 1.807) is 0 Å². The molecular weight excluding hydrogens is 200 g/mol. The third-order valence-corrected chi connectivity index (χ3v) is 2.77. The van der Waals surface area contributed by atoms with Gasteiger partial charge in [-0.15, -0.1) is 0 Å². The zero-order chi connectivity index (χ0) is 11.2. The van der Waals surface area contributed by atoms with E-state index in [0.717, 1.165) is 50.6 Å². The lowest BCUT2D eigenvalue weighted by Gasteiger charge is -2.30. The molecular formula is C12H20N4. The quantitative estimate of drug-likeness (QED) is 0.802. The smallest absolute Gasteiger partial charge is 0.152 e. The van der Waals surface area contributed by atoms with Crippen LogP contribution in [0.1, 0.15) is 13.3 Å². The van der Waals surface area contributed by atoms with Gasteiger partial charge in [0.25, 0.3) is 0 Å². The minimum absolute atomic E-state index is 1.00. The van der Waals surface area contributed by atoms with Crippen molar-refractivity contribution in [1.29, 1.82) is 0 Å². The van der Waals surface area contributed by atoms with E-state index in [9.17, 15) is 0 Å². The number of nitrogens with zero attached hydrogens (tertiary/aromatic N) is 2. The van der Waals surface area contributed by atoms with E-state index < -0.39 is 0 Å². The van der Waals surface area contributed by atoms with E-state index >= 15 is 0 Å². The van der Waals surface area contributed by atoms with Crippen molar-refractivity contribution in [1.82, 2.24) is 10.3 Å². The zero-order valence-electron chi connectivity index (χ0n) is 9.87. The molecule has 1 aromatic rings. The highest BCUT2D eigenvalue weighted by molar-refractivity contribution is 5.65. The van der Waals surface area contributed by atoms with Crippen molar-refractivity contribution in [3.8, 4) is 0 Å².